The second kappa shape index (κ2) is 7.40. The van der Waals surface area contributed by atoms with Crippen molar-refractivity contribution in [2.45, 2.75) is 11.3 Å². The fourth-order valence-corrected chi connectivity index (χ4v) is 2.68. The number of amides is 1. The van der Waals surface area contributed by atoms with E-state index in [0.29, 0.717) is 17.0 Å². The van der Waals surface area contributed by atoms with E-state index in [-0.39, 0.29) is 5.91 Å². The number of nitrogens with one attached hydrogen (secondary N) is 1. The standard InChI is InChI=1S/C14H14BrNO2S/c15-13-8-7-12(18-13)14(17)16-9-4-10-19-11-5-2-1-3-6-11/h1-3,5-8H,4,9-10H2,(H,16,17). The van der Waals surface area contributed by atoms with E-state index in [1.807, 2.05) is 18.2 Å². The molecular formula is C14H14BrNO2S. The highest BCUT2D eigenvalue weighted by atomic mass is 79.9. The summed E-state index contributed by atoms with van der Waals surface area (Å²) in [7, 11) is 0. The fourth-order valence-electron chi connectivity index (χ4n) is 1.50. The molecule has 0 saturated carbocycles. The predicted octanol–water partition coefficient (Wildman–Crippen LogP) is 3.95. The Hall–Kier alpha value is -1.20. The van der Waals surface area contributed by atoms with E-state index in [1.54, 1.807) is 23.9 Å². The molecule has 0 fully saturated rings. The predicted molar refractivity (Wildman–Crippen MR) is 80.5 cm³/mol. The largest absolute Gasteiger partial charge is 0.444 e. The van der Waals surface area contributed by atoms with Gasteiger partial charge >= 0.3 is 0 Å². The molecule has 0 aliphatic carbocycles. The Morgan fingerprint density at radius 3 is 2.68 bits per heavy atom. The maximum atomic E-state index is 11.7. The number of benzene rings is 1. The molecule has 1 heterocycles. The van der Waals surface area contributed by atoms with Gasteiger partial charge in [0.25, 0.3) is 5.91 Å². The fraction of sp³-hybridized carbons (Fsp3) is 0.214. The van der Waals surface area contributed by atoms with Gasteiger partial charge in [0.1, 0.15) is 0 Å². The summed E-state index contributed by atoms with van der Waals surface area (Å²) in [5.41, 5.74) is 0. The van der Waals surface area contributed by atoms with E-state index >= 15 is 0 Å². The Labute approximate surface area is 124 Å². The summed E-state index contributed by atoms with van der Waals surface area (Å²) in [5.74, 6) is 1.14. The van der Waals surface area contributed by atoms with Crippen LogP contribution >= 0.6 is 27.7 Å². The Kier molecular flexibility index (Phi) is 5.54. The average Bonchev–Trinajstić information content (AvgIpc) is 2.86. The molecule has 0 unspecified atom stereocenters. The Balaban J connectivity index is 1.63. The van der Waals surface area contributed by atoms with Crippen LogP contribution in [0.1, 0.15) is 17.0 Å². The lowest BCUT2D eigenvalue weighted by atomic mass is 10.4. The van der Waals surface area contributed by atoms with Gasteiger partial charge in [-0.05, 0) is 52.4 Å². The van der Waals surface area contributed by atoms with Crippen LogP contribution in [0.3, 0.4) is 0 Å². The van der Waals surface area contributed by atoms with Crippen LogP contribution in [0.25, 0.3) is 0 Å². The molecule has 0 saturated heterocycles. The molecule has 0 aliphatic heterocycles. The van der Waals surface area contributed by atoms with E-state index in [4.69, 9.17) is 4.42 Å². The zero-order valence-corrected chi connectivity index (χ0v) is 12.7. The van der Waals surface area contributed by atoms with Crippen molar-refractivity contribution >= 4 is 33.6 Å². The van der Waals surface area contributed by atoms with Gasteiger partial charge in [0, 0.05) is 11.4 Å². The smallest absolute Gasteiger partial charge is 0.287 e. The summed E-state index contributed by atoms with van der Waals surface area (Å²) < 4.78 is 5.74. The number of carbonyl (C=O) groups excluding carboxylic acids is 1. The highest BCUT2D eigenvalue weighted by Crippen LogP contribution is 2.17. The first kappa shape index (κ1) is 14.2. The molecule has 1 aromatic carbocycles. The van der Waals surface area contributed by atoms with Crippen LogP contribution in [-0.4, -0.2) is 18.2 Å². The van der Waals surface area contributed by atoms with E-state index in [0.717, 1.165) is 12.2 Å². The quantitative estimate of drug-likeness (QED) is 0.639. The van der Waals surface area contributed by atoms with Gasteiger partial charge in [-0.15, -0.1) is 11.8 Å². The average molecular weight is 340 g/mol. The van der Waals surface area contributed by atoms with Gasteiger partial charge in [0.15, 0.2) is 10.4 Å². The minimum atomic E-state index is -0.171. The Morgan fingerprint density at radius 2 is 2.00 bits per heavy atom. The zero-order valence-electron chi connectivity index (χ0n) is 10.3. The molecule has 2 rings (SSSR count). The topological polar surface area (TPSA) is 42.2 Å². The molecule has 5 heteroatoms. The molecule has 1 amide bonds. The number of hydrogen-bond acceptors (Lipinski definition) is 3. The van der Waals surface area contributed by atoms with E-state index in [2.05, 4.69) is 33.4 Å². The Morgan fingerprint density at radius 1 is 1.21 bits per heavy atom. The Bertz CT molecular complexity index is 527. The first-order valence-corrected chi connectivity index (χ1v) is 7.75. The van der Waals surface area contributed by atoms with Crippen LogP contribution in [0.15, 0.2) is 56.4 Å². The third-order valence-corrected chi connectivity index (χ3v) is 3.94. The minimum Gasteiger partial charge on any atom is -0.444 e. The number of rotatable bonds is 6. The second-order valence-electron chi connectivity index (χ2n) is 3.87. The lowest BCUT2D eigenvalue weighted by Gasteiger charge is -2.03. The van der Waals surface area contributed by atoms with Crippen molar-refractivity contribution in [3.05, 3.63) is 52.9 Å². The zero-order chi connectivity index (χ0) is 13.5. The van der Waals surface area contributed by atoms with Gasteiger partial charge in [0.2, 0.25) is 0 Å². The van der Waals surface area contributed by atoms with E-state index in [1.165, 1.54) is 4.90 Å². The molecule has 3 nitrogen and oxygen atoms in total. The monoisotopic (exact) mass is 339 g/mol. The summed E-state index contributed by atoms with van der Waals surface area (Å²) in [6.07, 6.45) is 0.924. The van der Waals surface area contributed by atoms with Crippen LogP contribution < -0.4 is 5.32 Å². The summed E-state index contributed by atoms with van der Waals surface area (Å²) in [6.45, 7) is 0.650. The van der Waals surface area contributed by atoms with Crippen LogP contribution in [0.5, 0.6) is 0 Å². The van der Waals surface area contributed by atoms with Crippen molar-refractivity contribution in [3.8, 4) is 0 Å². The summed E-state index contributed by atoms with van der Waals surface area (Å²) >= 11 is 4.96. The minimum absolute atomic E-state index is 0.171. The van der Waals surface area contributed by atoms with E-state index < -0.39 is 0 Å². The summed E-state index contributed by atoms with van der Waals surface area (Å²) in [4.78, 5) is 12.9. The molecule has 19 heavy (non-hydrogen) atoms. The number of thioether (sulfide) groups is 1. The lowest BCUT2D eigenvalue weighted by molar-refractivity contribution is 0.0925. The molecular weight excluding hydrogens is 326 g/mol. The van der Waals surface area contributed by atoms with Crippen LogP contribution in [0, 0.1) is 0 Å². The number of hydrogen-bond donors (Lipinski definition) is 1. The van der Waals surface area contributed by atoms with Crippen molar-refractivity contribution in [3.63, 3.8) is 0 Å². The van der Waals surface area contributed by atoms with Crippen LogP contribution in [0.2, 0.25) is 0 Å². The molecule has 0 aliphatic rings. The maximum absolute atomic E-state index is 11.7. The molecule has 0 atom stereocenters. The SMILES string of the molecule is O=C(NCCCSc1ccccc1)c1ccc(Br)o1. The molecule has 0 spiro atoms. The van der Waals surface area contributed by atoms with Gasteiger partial charge in [0.05, 0.1) is 0 Å². The molecule has 0 radical (unpaired) electrons. The van der Waals surface area contributed by atoms with Crippen molar-refractivity contribution in [2.75, 3.05) is 12.3 Å². The van der Waals surface area contributed by atoms with Crippen molar-refractivity contribution in [2.24, 2.45) is 0 Å². The third-order valence-electron chi connectivity index (χ3n) is 2.42. The van der Waals surface area contributed by atoms with Crippen molar-refractivity contribution < 1.29 is 9.21 Å². The first-order valence-electron chi connectivity index (χ1n) is 5.97. The second-order valence-corrected chi connectivity index (χ2v) is 5.82. The highest BCUT2D eigenvalue weighted by molar-refractivity contribution is 9.10. The summed E-state index contributed by atoms with van der Waals surface area (Å²) in [6, 6.07) is 13.6. The maximum Gasteiger partial charge on any atom is 0.287 e. The molecule has 1 aromatic heterocycles. The van der Waals surface area contributed by atoms with Gasteiger partial charge in [-0.3, -0.25) is 4.79 Å². The van der Waals surface area contributed by atoms with Gasteiger partial charge < -0.3 is 9.73 Å². The van der Waals surface area contributed by atoms with Crippen LogP contribution in [0.4, 0.5) is 0 Å². The molecule has 0 bridgehead atoms. The number of halogens is 1. The van der Waals surface area contributed by atoms with Crippen molar-refractivity contribution in [1.82, 2.24) is 5.32 Å². The highest BCUT2D eigenvalue weighted by Gasteiger charge is 2.08. The van der Waals surface area contributed by atoms with Crippen molar-refractivity contribution in [1.29, 1.82) is 0 Å². The summed E-state index contributed by atoms with van der Waals surface area (Å²) in [5, 5.41) is 2.83. The van der Waals surface area contributed by atoms with Gasteiger partial charge in [-0.25, -0.2) is 0 Å². The number of furan rings is 1. The normalized spacial score (nSPS) is 10.4. The molecule has 1 N–H and O–H groups in total. The lowest BCUT2D eigenvalue weighted by Crippen LogP contribution is -2.24. The molecule has 2 aromatic rings. The molecule has 100 valence electrons. The van der Waals surface area contributed by atoms with E-state index in [9.17, 15) is 4.79 Å². The third kappa shape index (κ3) is 4.76. The van der Waals surface area contributed by atoms with Crippen LogP contribution in [-0.2, 0) is 0 Å². The first-order chi connectivity index (χ1) is 9.25. The number of carbonyl (C=O) groups is 1. The van der Waals surface area contributed by atoms with Gasteiger partial charge in [-0.1, -0.05) is 18.2 Å². The van der Waals surface area contributed by atoms with Gasteiger partial charge in [-0.2, -0.15) is 0 Å².